The van der Waals surface area contributed by atoms with E-state index in [1.54, 1.807) is 7.11 Å². The Morgan fingerprint density at radius 2 is 2.13 bits per heavy atom. The Balaban J connectivity index is 2.09. The van der Waals surface area contributed by atoms with Crippen molar-refractivity contribution >= 4 is 5.88 Å². The number of hydrogen-bond acceptors (Lipinski definition) is 6. The lowest BCUT2D eigenvalue weighted by atomic mass is 9.86. The van der Waals surface area contributed by atoms with Crippen molar-refractivity contribution < 1.29 is 9.15 Å². The van der Waals surface area contributed by atoms with Crippen molar-refractivity contribution in [3.8, 4) is 6.07 Å². The number of oxazole rings is 1. The maximum absolute atomic E-state index is 9.52. The van der Waals surface area contributed by atoms with Crippen LogP contribution in [-0.2, 0) is 17.8 Å². The number of aryl methyl sites for hydroxylation is 1. The molecular weight excluding hydrogens is 292 g/mol. The zero-order valence-electron chi connectivity index (χ0n) is 13.1. The summed E-state index contributed by atoms with van der Waals surface area (Å²) in [5, 5.41) is 12.4. The van der Waals surface area contributed by atoms with Crippen LogP contribution in [0.15, 0.2) is 40.1 Å². The molecule has 0 amide bonds. The van der Waals surface area contributed by atoms with Crippen LogP contribution in [0, 0.1) is 11.3 Å². The molecule has 1 aliphatic heterocycles. The summed E-state index contributed by atoms with van der Waals surface area (Å²) in [4.78, 5) is 4.48. The van der Waals surface area contributed by atoms with Crippen LogP contribution in [0.3, 0.4) is 0 Å². The highest BCUT2D eigenvalue weighted by Gasteiger charge is 2.33. The van der Waals surface area contributed by atoms with E-state index < -0.39 is 0 Å². The summed E-state index contributed by atoms with van der Waals surface area (Å²) in [5.41, 5.74) is 9.30. The highest BCUT2D eigenvalue weighted by molar-refractivity contribution is 5.61. The molecule has 2 heterocycles. The van der Waals surface area contributed by atoms with Gasteiger partial charge in [-0.2, -0.15) is 5.26 Å². The van der Waals surface area contributed by atoms with E-state index in [9.17, 15) is 5.26 Å². The molecule has 0 spiro atoms. The van der Waals surface area contributed by atoms with Gasteiger partial charge in [-0.05, 0) is 17.5 Å². The predicted octanol–water partition coefficient (Wildman–Crippen LogP) is 2.63. The van der Waals surface area contributed by atoms with Gasteiger partial charge in [0.05, 0.1) is 17.6 Å². The van der Waals surface area contributed by atoms with Crippen LogP contribution >= 0.6 is 0 Å². The Morgan fingerprint density at radius 1 is 1.39 bits per heavy atom. The Kier molecular flexibility index (Phi) is 4.04. The normalized spacial score (nSPS) is 16.7. The molecule has 1 aromatic heterocycles. The van der Waals surface area contributed by atoms with Crippen molar-refractivity contribution in [1.29, 1.82) is 5.26 Å². The van der Waals surface area contributed by atoms with Crippen LogP contribution in [0.1, 0.15) is 35.6 Å². The number of anilines is 1. The van der Waals surface area contributed by atoms with Crippen LogP contribution in [0.2, 0.25) is 0 Å². The first kappa shape index (κ1) is 15.1. The van der Waals surface area contributed by atoms with Gasteiger partial charge < -0.3 is 20.2 Å². The van der Waals surface area contributed by atoms with Gasteiger partial charge in [0.15, 0.2) is 0 Å². The number of nitriles is 1. The zero-order valence-corrected chi connectivity index (χ0v) is 13.1. The monoisotopic (exact) mass is 310 g/mol. The Morgan fingerprint density at radius 3 is 2.74 bits per heavy atom. The first-order valence-corrected chi connectivity index (χ1v) is 7.42. The first-order valence-electron chi connectivity index (χ1n) is 7.42. The fourth-order valence-electron chi connectivity index (χ4n) is 2.73. The van der Waals surface area contributed by atoms with Crippen LogP contribution in [0.4, 0.5) is 5.88 Å². The van der Waals surface area contributed by atoms with Gasteiger partial charge in [0.25, 0.3) is 0 Å². The number of ether oxygens (including phenoxy) is 1. The summed E-state index contributed by atoms with van der Waals surface area (Å²) < 4.78 is 10.7. The van der Waals surface area contributed by atoms with E-state index in [0.29, 0.717) is 28.9 Å². The van der Waals surface area contributed by atoms with Crippen LogP contribution in [0.25, 0.3) is 0 Å². The molecule has 0 aliphatic carbocycles. The lowest BCUT2D eigenvalue weighted by Crippen LogP contribution is -2.22. The van der Waals surface area contributed by atoms with Gasteiger partial charge in [0.1, 0.15) is 18.1 Å². The lowest BCUT2D eigenvalue weighted by molar-refractivity contribution is 0.160. The van der Waals surface area contributed by atoms with Gasteiger partial charge in [-0.3, -0.25) is 0 Å². The highest BCUT2D eigenvalue weighted by atomic mass is 16.5. The maximum Gasteiger partial charge on any atom is 0.223 e. The average molecular weight is 310 g/mol. The van der Waals surface area contributed by atoms with Gasteiger partial charge in [0.2, 0.25) is 11.8 Å². The molecule has 0 fully saturated rings. The Labute approximate surface area is 134 Å². The van der Waals surface area contributed by atoms with E-state index >= 15 is 0 Å². The molecule has 1 aliphatic rings. The topological polar surface area (TPSA) is 97.1 Å². The molecule has 3 rings (SSSR count). The fourth-order valence-corrected chi connectivity index (χ4v) is 2.73. The van der Waals surface area contributed by atoms with E-state index in [-0.39, 0.29) is 12.5 Å². The van der Waals surface area contributed by atoms with E-state index in [0.717, 1.165) is 12.0 Å². The number of methoxy groups -OCH3 is 1. The summed E-state index contributed by atoms with van der Waals surface area (Å²) >= 11 is 0. The van der Waals surface area contributed by atoms with Crippen LogP contribution in [-0.4, -0.2) is 12.1 Å². The highest BCUT2D eigenvalue weighted by Crippen LogP contribution is 2.40. The van der Waals surface area contributed by atoms with Crippen molar-refractivity contribution in [3.63, 3.8) is 0 Å². The molecule has 6 nitrogen and oxygen atoms in total. The van der Waals surface area contributed by atoms with Crippen molar-refractivity contribution in [3.05, 3.63) is 58.4 Å². The van der Waals surface area contributed by atoms with E-state index in [1.165, 1.54) is 5.56 Å². The molecule has 0 saturated heterocycles. The Hall–Kier alpha value is -2.78. The molecule has 6 heteroatoms. The lowest BCUT2D eigenvalue weighted by Gasteiger charge is -2.22. The molecule has 1 atom stereocenters. The van der Waals surface area contributed by atoms with Crippen LogP contribution < -0.4 is 11.1 Å². The Bertz CT molecular complexity index is 784. The molecule has 118 valence electrons. The number of fused-ring (bicyclic) bond motifs is 1. The molecule has 2 aromatic rings. The first-order chi connectivity index (χ1) is 11.2. The molecule has 1 aromatic carbocycles. The number of hydrogen-bond donors (Lipinski definition) is 2. The molecule has 0 saturated carbocycles. The van der Waals surface area contributed by atoms with E-state index in [1.807, 2.05) is 12.1 Å². The number of aromatic nitrogens is 1. The third kappa shape index (κ3) is 2.67. The van der Waals surface area contributed by atoms with E-state index in [2.05, 4.69) is 35.4 Å². The quantitative estimate of drug-likeness (QED) is 0.901. The number of rotatable bonds is 4. The summed E-state index contributed by atoms with van der Waals surface area (Å²) in [5.74, 6) is 0.881. The predicted molar refractivity (Wildman–Crippen MR) is 85.3 cm³/mol. The molecule has 23 heavy (non-hydrogen) atoms. The van der Waals surface area contributed by atoms with Crippen molar-refractivity contribution in [2.75, 3.05) is 12.4 Å². The van der Waals surface area contributed by atoms with Gasteiger partial charge in [-0.25, -0.2) is 4.98 Å². The van der Waals surface area contributed by atoms with Crippen molar-refractivity contribution in [2.45, 2.75) is 25.9 Å². The summed E-state index contributed by atoms with van der Waals surface area (Å²) in [6, 6.07) is 10.3. The zero-order chi connectivity index (χ0) is 16.4. The minimum absolute atomic E-state index is 0.262. The number of nitrogens with two attached hydrogens (primary N) is 1. The summed E-state index contributed by atoms with van der Waals surface area (Å²) in [6.07, 6.45) is 0.961. The third-order valence-electron chi connectivity index (χ3n) is 3.91. The SMILES string of the molecule is CCc1ccc([C@H]2C(C#N)=C(N)Nc3oc(COC)nc32)cc1. The number of allylic oxidation sites excluding steroid dienone is 1. The second-order valence-electron chi connectivity index (χ2n) is 5.35. The van der Waals surface area contributed by atoms with Crippen molar-refractivity contribution in [1.82, 2.24) is 4.98 Å². The molecule has 0 radical (unpaired) electrons. The number of nitrogens with zero attached hydrogens (tertiary/aromatic N) is 2. The summed E-state index contributed by atoms with van der Waals surface area (Å²) in [7, 11) is 1.57. The standard InChI is InChI=1S/C17H18N4O2/c1-3-10-4-6-11(7-5-10)14-12(8-18)16(19)21-17-15(14)20-13(23-17)9-22-2/h4-7,14,21H,3,9,19H2,1-2H3/t14-/m0/s1. The molecule has 0 bridgehead atoms. The van der Waals surface area contributed by atoms with Crippen molar-refractivity contribution in [2.24, 2.45) is 5.73 Å². The van der Waals surface area contributed by atoms with Gasteiger partial charge >= 0.3 is 0 Å². The minimum atomic E-state index is -0.337. The largest absolute Gasteiger partial charge is 0.422 e. The van der Waals surface area contributed by atoms with Crippen LogP contribution in [0.5, 0.6) is 0 Å². The maximum atomic E-state index is 9.52. The molecular formula is C17H18N4O2. The van der Waals surface area contributed by atoms with Gasteiger partial charge in [-0.15, -0.1) is 0 Å². The summed E-state index contributed by atoms with van der Waals surface area (Å²) in [6.45, 7) is 2.36. The number of benzene rings is 1. The third-order valence-corrected chi connectivity index (χ3v) is 3.91. The van der Waals surface area contributed by atoms with E-state index in [4.69, 9.17) is 14.9 Å². The molecule has 0 unspecified atom stereocenters. The second-order valence-corrected chi connectivity index (χ2v) is 5.35. The van der Waals surface area contributed by atoms with Gasteiger partial charge in [-0.1, -0.05) is 31.2 Å². The average Bonchev–Trinajstić information content (AvgIpc) is 2.96. The molecule has 3 N–H and O–H groups in total. The van der Waals surface area contributed by atoms with Gasteiger partial charge in [0, 0.05) is 7.11 Å². The second kappa shape index (κ2) is 6.15. The minimum Gasteiger partial charge on any atom is -0.422 e. The number of nitrogens with one attached hydrogen (secondary N) is 1. The fraction of sp³-hybridized carbons (Fsp3) is 0.294. The smallest absolute Gasteiger partial charge is 0.223 e.